The van der Waals surface area contributed by atoms with E-state index in [1.807, 2.05) is 24.3 Å². The van der Waals surface area contributed by atoms with Crippen molar-refractivity contribution < 1.29 is 19.3 Å². The molecule has 0 spiro atoms. The number of hydrogen-bond donors (Lipinski definition) is 1. The highest BCUT2D eigenvalue weighted by Crippen LogP contribution is 2.45. The van der Waals surface area contributed by atoms with Crippen molar-refractivity contribution in [3.63, 3.8) is 0 Å². The third-order valence-electron chi connectivity index (χ3n) is 9.84. The number of likely N-dealkylation sites (tertiary alicyclic amines) is 1. The zero-order valence-corrected chi connectivity index (χ0v) is 28.9. The second-order valence-corrected chi connectivity index (χ2v) is 13.4. The van der Waals surface area contributed by atoms with Gasteiger partial charge in [0, 0.05) is 38.1 Å². The van der Waals surface area contributed by atoms with Crippen LogP contribution in [0.3, 0.4) is 0 Å². The summed E-state index contributed by atoms with van der Waals surface area (Å²) < 4.78 is 19.0. The summed E-state index contributed by atoms with van der Waals surface area (Å²) in [6.07, 6.45) is -1.02. The van der Waals surface area contributed by atoms with Crippen molar-refractivity contribution in [2.75, 3.05) is 26.9 Å². The van der Waals surface area contributed by atoms with E-state index in [9.17, 15) is 5.11 Å². The maximum absolute atomic E-state index is 12.3. The first-order valence-corrected chi connectivity index (χ1v) is 17.5. The van der Waals surface area contributed by atoms with Crippen LogP contribution >= 0.6 is 0 Å². The summed E-state index contributed by atoms with van der Waals surface area (Å²) in [5, 5.41) is 12.3. The predicted octanol–water partition coefficient (Wildman–Crippen LogP) is 8.21. The molecule has 5 aromatic rings. The number of aliphatic hydroxyl groups excluding tert-OH is 1. The quantitative estimate of drug-likeness (QED) is 0.122. The van der Waals surface area contributed by atoms with Crippen LogP contribution in [0.5, 0.6) is 0 Å². The second-order valence-electron chi connectivity index (χ2n) is 13.4. The first kappa shape index (κ1) is 34.8. The molecule has 1 heterocycles. The third kappa shape index (κ3) is 8.04. The first-order valence-electron chi connectivity index (χ1n) is 17.5. The van der Waals surface area contributed by atoms with E-state index in [1.54, 1.807) is 7.11 Å². The molecule has 0 saturated carbocycles. The Labute approximate surface area is 292 Å². The number of nitrogens with zero attached hydrogens (tertiary/aromatic N) is 1. The molecule has 5 nitrogen and oxygen atoms in total. The molecule has 6 rings (SSSR count). The van der Waals surface area contributed by atoms with Crippen molar-refractivity contribution in [2.24, 2.45) is 5.92 Å². The van der Waals surface area contributed by atoms with Crippen LogP contribution in [0.1, 0.15) is 53.1 Å². The Hall–Kier alpha value is -4.10. The van der Waals surface area contributed by atoms with Gasteiger partial charge >= 0.3 is 0 Å². The van der Waals surface area contributed by atoms with Gasteiger partial charge < -0.3 is 19.3 Å². The number of benzene rings is 5. The van der Waals surface area contributed by atoms with E-state index in [1.165, 1.54) is 5.56 Å². The van der Waals surface area contributed by atoms with Gasteiger partial charge in [-0.2, -0.15) is 0 Å². The molecule has 4 unspecified atom stereocenters. The van der Waals surface area contributed by atoms with Crippen LogP contribution < -0.4 is 0 Å². The molecule has 0 radical (unpaired) electrons. The number of ether oxygens (including phenoxy) is 3. The highest BCUT2D eigenvalue weighted by atomic mass is 16.5. The summed E-state index contributed by atoms with van der Waals surface area (Å²) in [6.45, 7) is 7.48. The SMILES string of the molecule is COC[C@H](C)COCc1ccc(C2C(OC(c3ccccc3)(c3ccccc3)c3ccccc3)CN(Cc3ccccc3)C(C)C2O)cc1. The highest BCUT2D eigenvalue weighted by molar-refractivity contribution is 5.48. The molecule has 0 aliphatic carbocycles. The summed E-state index contributed by atoms with van der Waals surface area (Å²) in [5.41, 5.74) is 5.59. The minimum atomic E-state index is -0.919. The Bertz CT molecular complexity index is 1590. The molecule has 49 heavy (non-hydrogen) atoms. The monoisotopic (exact) mass is 655 g/mol. The molecule has 5 heteroatoms. The second kappa shape index (κ2) is 16.5. The summed E-state index contributed by atoms with van der Waals surface area (Å²) in [4.78, 5) is 2.37. The lowest BCUT2D eigenvalue weighted by Crippen LogP contribution is -2.58. The van der Waals surface area contributed by atoms with Gasteiger partial charge in [-0.15, -0.1) is 0 Å². The number of piperidine rings is 1. The van der Waals surface area contributed by atoms with E-state index in [4.69, 9.17) is 14.2 Å². The van der Waals surface area contributed by atoms with Crippen molar-refractivity contribution in [1.82, 2.24) is 4.90 Å². The van der Waals surface area contributed by atoms with Crippen molar-refractivity contribution in [1.29, 1.82) is 0 Å². The van der Waals surface area contributed by atoms with Crippen LogP contribution in [0.2, 0.25) is 0 Å². The lowest BCUT2D eigenvalue weighted by atomic mass is 9.77. The topological polar surface area (TPSA) is 51.2 Å². The summed E-state index contributed by atoms with van der Waals surface area (Å²) in [5.74, 6) is 0.0632. The Kier molecular flexibility index (Phi) is 11.7. The molecule has 0 bridgehead atoms. The van der Waals surface area contributed by atoms with Gasteiger partial charge in [0.1, 0.15) is 5.60 Å². The molecule has 5 aromatic carbocycles. The van der Waals surface area contributed by atoms with E-state index < -0.39 is 11.7 Å². The van der Waals surface area contributed by atoms with Gasteiger partial charge in [0.05, 0.1) is 32.0 Å². The lowest BCUT2D eigenvalue weighted by molar-refractivity contribution is -0.133. The zero-order chi connectivity index (χ0) is 34.1. The number of hydrogen-bond acceptors (Lipinski definition) is 5. The Morgan fingerprint density at radius 1 is 0.694 bits per heavy atom. The van der Waals surface area contributed by atoms with Crippen LogP contribution in [0.15, 0.2) is 146 Å². The van der Waals surface area contributed by atoms with Crippen molar-refractivity contribution >= 4 is 0 Å². The lowest BCUT2D eigenvalue weighted by Gasteiger charge is -2.49. The van der Waals surface area contributed by atoms with Crippen molar-refractivity contribution in [3.8, 4) is 0 Å². The summed E-state index contributed by atoms with van der Waals surface area (Å²) >= 11 is 0. The summed E-state index contributed by atoms with van der Waals surface area (Å²) in [6, 6.07) is 50.5. The van der Waals surface area contributed by atoms with E-state index in [0.29, 0.717) is 32.3 Å². The Morgan fingerprint density at radius 3 is 1.71 bits per heavy atom. The minimum Gasteiger partial charge on any atom is -0.391 e. The number of rotatable bonds is 14. The predicted molar refractivity (Wildman–Crippen MR) is 196 cm³/mol. The van der Waals surface area contributed by atoms with Crippen molar-refractivity contribution in [2.45, 2.75) is 56.8 Å². The van der Waals surface area contributed by atoms with Gasteiger partial charge in [-0.25, -0.2) is 0 Å². The first-order chi connectivity index (χ1) is 24.0. The molecule has 0 aromatic heterocycles. The molecular formula is C44H49NO4. The molecule has 254 valence electrons. The largest absolute Gasteiger partial charge is 0.391 e. The van der Waals surface area contributed by atoms with Gasteiger partial charge in [-0.3, -0.25) is 4.90 Å². The average molecular weight is 656 g/mol. The molecule has 1 saturated heterocycles. The fourth-order valence-electron chi connectivity index (χ4n) is 7.29. The fraction of sp³-hybridized carbons (Fsp3) is 0.318. The van der Waals surface area contributed by atoms with Crippen LogP contribution in [0, 0.1) is 5.92 Å². The van der Waals surface area contributed by atoms with Gasteiger partial charge in [0.2, 0.25) is 0 Å². The Balaban J connectivity index is 1.41. The smallest absolute Gasteiger partial charge is 0.144 e. The van der Waals surface area contributed by atoms with E-state index >= 15 is 0 Å². The molecule has 1 aliphatic heterocycles. The standard InChI is InChI=1S/C44H49NO4/c1-33(30-47-3)31-48-32-36-24-26-37(27-25-36)42-41(29-45(34(2)43(42)46)28-35-16-8-4-9-17-35)49-44(38-18-10-5-11-19-38,39-20-12-6-13-21-39)40-22-14-7-15-23-40/h4-27,33-34,41-43,46H,28-32H2,1-3H3/t33-,34?,41?,42?,43?/m0/s1. The number of methoxy groups -OCH3 is 1. The van der Waals surface area contributed by atoms with E-state index in [0.717, 1.165) is 34.4 Å². The summed E-state index contributed by atoms with van der Waals surface area (Å²) in [7, 11) is 1.72. The zero-order valence-electron chi connectivity index (χ0n) is 28.9. The molecule has 5 atom stereocenters. The molecule has 1 aliphatic rings. The maximum Gasteiger partial charge on any atom is 0.144 e. The van der Waals surface area contributed by atoms with Crippen LogP contribution in [-0.2, 0) is 33.0 Å². The fourth-order valence-corrected chi connectivity index (χ4v) is 7.29. The van der Waals surface area contributed by atoms with Gasteiger partial charge in [-0.05, 0) is 40.3 Å². The molecule has 1 fully saturated rings. The molecular weight excluding hydrogens is 606 g/mol. The van der Waals surface area contributed by atoms with Crippen LogP contribution in [0.4, 0.5) is 0 Å². The number of aliphatic hydroxyl groups is 1. The average Bonchev–Trinajstić information content (AvgIpc) is 3.15. The normalized spacial score (nSPS) is 20.6. The van der Waals surface area contributed by atoms with E-state index in [-0.39, 0.29) is 18.1 Å². The minimum absolute atomic E-state index is 0.0880. The van der Waals surface area contributed by atoms with Crippen molar-refractivity contribution in [3.05, 3.63) is 179 Å². The van der Waals surface area contributed by atoms with Crippen LogP contribution in [0.25, 0.3) is 0 Å². The molecule has 1 N–H and O–H groups in total. The van der Waals surface area contributed by atoms with Gasteiger partial charge in [0.25, 0.3) is 0 Å². The van der Waals surface area contributed by atoms with Gasteiger partial charge in [0.15, 0.2) is 0 Å². The van der Waals surface area contributed by atoms with E-state index in [2.05, 4.69) is 140 Å². The van der Waals surface area contributed by atoms with Crippen LogP contribution in [-0.4, -0.2) is 55.1 Å². The third-order valence-corrected chi connectivity index (χ3v) is 9.84. The highest BCUT2D eigenvalue weighted by Gasteiger charge is 2.48. The van der Waals surface area contributed by atoms with Gasteiger partial charge in [-0.1, -0.05) is 153 Å². The maximum atomic E-state index is 12.3. The Morgan fingerprint density at radius 2 is 1.20 bits per heavy atom. The molecule has 0 amide bonds.